The van der Waals surface area contributed by atoms with E-state index >= 15 is 0 Å². The second-order valence-corrected chi connectivity index (χ2v) is 10.2. The Morgan fingerprint density at radius 1 is 1.00 bits per heavy atom. The first-order valence-electron chi connectivity index (χ1n) is 12.7. The van der Waals surface area contributed by atoms with Gasteiger partial charge in [0.25, 0.3) is 0 Å². The summed E-state index contributed by atoms with van der Waals surface area (Å²) >= 11 is 0. The van der Waals surface area contributed by atoms with Crippen molar-refractivity contribution in [1.29, 1.82) is 0 Å². The molecule has 2 aliphatic heterocycles. The largest absolute Gasteiger partial charge is 0.508 e. The molecule has 7 rings (SSSR count). The number of Topliss-reactive ketones (excluding diaryl/α,β-unsaturated/α-hetero) is 1. The third kappa shape index (κ3) is 3.32. The van der Waals surface area contributed by atoms with Crippen molar-refractivity contribution in [3.05, 3.63) is 121 Å². The Balaban J connectivity index is 1.41. The van der Waals surface area contributed by atoms with E-state index in [4.69, 9.17) is 4.74 Å². The fourth-order valence-corrected chi connectivity index (χ4v) is 6.26. The molecule has 3 heterocycles. The maximum absolute atomic E-state index is 13.8. The topological polar surface area (TPSA) is 113 Å². The van der Waals surface area contributed by atoms with Gasteiger partial charge >= 0.3 is 11.4 Å². The van der Waals surface area contributed by atoms with E-state index in [-0.39, 0.29) is 30.3 Å². The third-order valence-corrected chi connectivity index (χ3v) is 7.99. The van der Waals surface area contributed by atoms with E-state index in [0.29, 0.717) is 34.6 Å². The highest BCUT2D eigenvalue weighted by atomic mass is 16.5. The number of nitrogens with zero attached hydrogens (tertiary/aromatic N) is 3. The number of phenols is 1. The molecule has 9 nitrogen and oxygen atoms in total. The molecule has 9 heteroatoms. The van der Waals surface area contributed by atoms with Gasteiger partial charge in [-0.3, -0.25) is 9.59 Å². The van der Waals surface area contributed by atoms with Crippen LogP contribution < -0.4 is 16.1 Å². The zero-order valence-electron chi connectivity index (χ0n) is 21.0. The van der Waals surface area contributed by atoms with Gasteiger partial charge in [0.1, 0.15) is 11.5 Å². The van der Waals surface area contributed by atoms with E-state index in [0.717, 1.165) is 21.3 Å². The van der Waals surface area contributed by atoms with Crippen molar-refractivity contribution >= 4 is 11.6 Å². The number of hydrogen-bond donors (Lipinski definition) is 1. The summed E-state index contributed by atoms with van der Waals surface area (Å²) in [6, 6.07) is 12.9. The molecule has 2 aromatic carbocycles. The van der Waals surface area contributed by atoms with Gasteiger partial charge in [0.2, 0.25) is 0 Å². The Hall–Kier alpha value is -4.92. The predicted octanol–water partition coefficient (Wildman–Crippen LogP) is 2.92. The lowest BCUT2D eigenvalue weighted by Gasteiger charge is -2.40. The monoisotopic (exact) mass is 521 g/mol. The maximum atomic E-state index is 13.8. The summed E-state index contributed by atoms with van der Waals surface area (Å²) < 4.78 is 9.85. The number of ketones is 2. The van der Waals surface area contributed by atoms with Crippen LogP contribution in [0.1, 0.15) is 24.9 Å². The van der Waals surface area contributed by atoms with Gasteiger partial charge in [0.05, 0.1) is 24.5 Å². The highest BCUT2D eigenvalue weighted by Crippen LogP contribution is 2.49. The zero-order chi connectivity index (χ0) is 27.0. The molecule has 194 valence electrons. The number of para-hydroxylation sites is 1. The van der Waals surface area contributed by atoms with E-state index in [1.165, 1.54) is 15.4 Å². The minimum atomic E-state index is -0.637. The van der Waals surface area contributed by atoms with Crippen molar-refractivity contribution in [1.82, 2.24) is 13.9 Å². The van der Waals surface area contributed by atoms with Crippen LogP contribution in [0.15, 0.2) is 104 Å². The Morgan fingerprint density at radius 2 is 1.79 bits per heavy atom. The SMILES string of the molecule is CC1=CC(=O)C2=C(C[C@@H]3C(=CCn4c(=O)n(-c5ccccc5)c(=O)n43)[C@@H]2C2=COc3ccc(O)cc3C2)C1=O. The number of hydrogen-bond acceptors (Lipinski definition) is 6. The average Bonchev–Trinajstić information content (AvgIpc) is 3.20. The van der Waals surface area contributed by atoms with E-state index in [1.807, 2.05) is 6.08 Å². The van der Waals surface area contributed by atoms with E-state index in [2.05, 4.69) is 0 Å². The minimum Gasteiger partial charge on any atom is -0.508 e. The van der Waals surface area contributed by atoms with Crippen molar-refractivity contribution in [3.63, 3.8) is 0 Å². The van der Waals surface area contributed by atoms with Crippen molar-refractivity contribution in [2.24, 2.45) is 5.92 Å². The lowest BCUT2D eigenvalue weighted by Crippen LogP contribution is -2.42. The van der Waals surface area contributed by atoms with Crippen molar-refractivity contribution in [3.8, 4) is 17.2 Å². The minimum absolute atomic E-state index is 0.0946. The molecule has 39 heavy (non-hydrogen) atoms. The quantitative estimate of drug-likeness (QED) is 0.410. The summed E-state index contributed by atoms with van der Waals surface area (Å²) in [7, 11) is 0. The van der Waals surface area contributed by atoms with E-state index in [1.54, 1.807) is 61.7 Å². The van der Waals surface area contributed by atoms with Crippen LogP contribution >= 0.6 is 0 Å². The van der Waals surface area contributed by atoms with Gasteiger partial charge in [0.15, 0.2) is 11.6 Å². The number of carbonyl (C=O) groups is 2. The lowest BCUT2D eigenvalue weighted by molar-refractivity contribution is -0.116. The number of aromatic hydroxyl groups is 1. The molecular formula is C30H23N3O6. The molecule has 0 bridgehead atoms. The number of benzene rings is 2. The van der Waals surface area contributed by atoms with Crippen LogP contribution in [0.2, 0.25) is 0 Å². The first-order chi connectivity index (χ1) is 18.8. The summed E-state index contributed by atoms with van der Waals surface area (Å²) in [6.45, 7) is 1.75. The molecule has 0 unspecified atom stereocenters. The van der Waals surface area contributed by atoms with Gasteiger partial charge in [-0.15, -0.1) is 0 Å². The predicted molar refractivity (Wildman–Crippen MR) is 141 cm³/mol. The summed E-state index contributed by atoms with van der Waals surface area (Å²) in [4.78, 5) is 54.0. The van der Waals surface area contributed by atoms with Crippen molar-refractivity contribution in [2.45, 2.75) is 32.4 Å². The third-order valence-electron chi connectivity index (χ3n) is 7.99. The Labute approximate surface area is 221 Å². The van der Waals surface area contributed by atoms with Crippen molar-refractivity contribution in [2.75, 3.05) is 0 Å². The lowest BCUT2D eigenvalue weighted by atomic mass is 9.67. The van der Waals surface area contributed by atoms with Crippen LogP contribution in [0.5, 0.6) is 11.5 Å². The number of ether oxygens (including phenoxy) is 1. The van der Waals surface area contributed by atoms with Gasteiger partial charge in [0, 0.05) is 41.0 Å². The molecular weight excluding hydrogens is 498 g/mol. The smallest absolute Gasteiger partial charge is 0.352 e. The standard InChI is InChI=1S/C30H23N3O6/c1-16-11-24(35)27-22(28(16)36)14-23-21(26(27)18-12-17-13-20(34)7-8-25(17)39-15-18)9-10-31-29(37)32(30(38)33(23)31)19-5-3-2-4-6-19/h2-9,11,13,15,23,26,34H,10,12,14H2,1H3/t23-,26+/m1/s1. The number of aromatic nitrogens is 3. The van der Waals surface area contributed by atoms with Gasteiger partial charge in [-0.25, -0.2) is 23.5 Å². The highest BCUT2D eigenvalue weighted by Gasteiger charge is 2.45. The Bertz CT molecular complexity index is 1860. The van der Waals surface area contributed by atoms with Crippen LogP contribution in [-0.2, 0) is 22.6 Å². The number of allylic oxidation sites excluding steroid dienone is 7. The normalized spacial score (nSPS) is 21.6. The second-order valence-electron chi connectivity index (χ2n) is 10.2. The molecule has 1 N–H and O–H groups in total. The molecule has 2 atom stereocenters. The number of carbonyl (C=O) groups excluding carboxylic acids is 2. The first-order valence-corrected chi connectivity index (χ1v) is 12.7. The Morgan fingerprint density at radius 3 is 2.59 bits per heavy atom. The van der Waals surface area contributed by atoms with Gasteiger partial charge in [-0.05, 0) is 54.5 Å². The van der Waals surface area contributed by atoms with Crippen LogP contribution in [-0.4, -0.2) is 30.6 Å². The molecule has 2 aliphatic carbocycles. The van der Waals surface area contributed by atoms with Gasteiger partial charge in [-0.2, -0.15) is 0 Å². The fourth-order valence-electron chi connectivity index (χ4n) is 6.26. The number of phenolic OH excluding ortho intramolecular Hbond substituents is 1. The summed E-state index contributed by atoms with van der Waals surface area (Å²) in [5.74, 6) is -0.407. The molecule has 3 aromatic rings. The fraction of sp³-hybridized carbons (Fsp3) is 0.200. The zero-order valence-corrected chi connectivity index (χ0v) is 21.0. The number of fused-ring (bicyclic) bond motifs is 4. The van der Waals surface area contributed by atoms with E-state index in [9.17, 15) is 24.3 Å². The van der Waals surface area contributed by atoms with Gasteiger partial charge in [-0.1, -0.05) is 24.3 Å². The van der Waals surface area contributed by atoms with Crippen LogP contribution in [0.25, 0.3) is 5.69 Å². The molecule has 1 aromatic heterocycles. The molecule has 0 amide bonds. The number of rotatable bonds is 2. The molecule has 0 saturated heterocycles. The van der Waals surface area contributed by atoms with E-state index < -0.39 is 23.3 Å². The van der Waals surface area contributed by atoms with Gasteiger partial charge < -0.3 is 9.84 Å². The molecule has 0 fully saturated rings. The van der Waals surface area contributed by atoms with Crippen LogP contribution in [0, 0.1) is 5.92 Å². The average molecular weight is 522 g/mol. The first kappa shape index (κ1) is 23.2. The van der Waals surface area contributed by atoms with Crippen LogP contribution in [0.4, 0.5) is 0 Å². The second kappa shape index (κ2) is 8.29. The van der Waals surface area contributed by atoms with Crippen LogP contribution in [0.3, 0.4) is 0 Å². The summed E-state index contributed by atoms with van der Waals surface area (Å²) in [5, 5.41) is 10.1. The highest BCUT2D eigenvalue weighted by molar-refractivity contribution is 6.23. The molecule has 0 saturated carbocycles. The maximum Gasteiger partial charge on any atom is 0.352 e. The molecule has 0 radical (unpaired) electrons. The summed E-state index contributed by atoms with van der Waals surface area (Å²) in [5.41, 5.74) is 2.83. The van der Waals surface area contributed by atoms with Crippen molar-refractivity contribution < 1.29 is 19.4 Å². The Kier molecular flexibility index (Phi) is 4.94. The summed E-state index contributed by atoms with van der Waals surface area (Å²) in [6.07, 6.45) is 5.36. The molecule has 0 spiro atoms. The molecule has 4 aliphatic rings.